The van der Waals surface area contributed by atoms with Crippen molar-refractivity contribution in [1.82, 2.24) is 24.2 Å². The number of aryl methyl sites for hydroxylation is 1. The van der Waals surface area contributed by atoms with Crippen LogP contribution in [0.1, 0.15) is 47.4 Å². The monoisotopic (exact) mass is 432 g/mol. The van der Waals surface area contributed by atoms with Crippen LogP contribution in [0.2, 0.25) is 0 Å². The number of aromatic nitrogens is 3. The summed E-state index contributed by atoms with van der Waals surface area (Å²) in [4.78, 5) is 29.4. The van der Waals surface area contributed by atoms with Crippen molar-refractivity contribution >= 4 is 17.2 Å². The Labute approximate surface area is 189 Å². The van der Waals surface area contributed by atoms with Crippen molar-refractivity contribution in [1.29, 1.82) is 0 Å². The molecule has 2 fully saturated rings. The maximum atomic E-state index is 13.5. The van der Waals surface area contributed by atoms with Gasteiger partial charge in [0.25, 0.3) is 5.91 Å². The summed E-state index contributed by atoms with van der Waals surface area (Å²) in [5.41, 5.74) is 4.91. The maximum absolute atomic E-state index is 13.5. The molecule has 2 aliphatic heterocycles. The van der Waals surface area contributed by atoms with Crippen LogP contribution in [0.3, 0.4) is 0 Å². The molecule has 7 heteroatoms. The molecule has 0 radical (unpaired) electrons. The van der Waals surface area contributed by atoms with Gasteiger partial charge in [0.05, 0.1) is 5.69 Å². The Hall–Kier alpha value is -2.93. The molecule has 0 aliphatic carbocycles. The van der Waals surface area contributed by atoms with E-state index in [1.807, 2.05) is 17.3 Å². The number of nitrogens with zero attached hydrogens (tertiary/aromatic N) is 6. The van der Waals surface area contributed by atoms with Crippen LogP contribution in [0.15, 0.2) is 42.9 Å². The molecule has 168 valence electrons. The van der Waals surface area contributed by atoms with E-state index in [-0.39, 0.29) is 5.91 Å². The molecule has 32 heavy (non-hydrogen) atoms. The maximum Gasteiger partial charge on any atom is 0.274 e. The van der Waals surface area contributed by atoms with Crippen LogP contribution in [-0.2, 0) is 6.54 Å². The van der Waals surface area contributed by atoms with E-state index in [9.17, 15) is 4.79 Å². The van der Waals surface area contributed by atoms with Crippen molar-refractivity contribution in [3.63, 3.8) is 0 Å². The van der Waals surface area contributed by atoms with E-state index in [1.165, 1.54) is 18.5 Å². The van der Waals surface area contributed by atoms with Crippen LogP contribution in [0, 0.1) is 6.92 Å². The average Bonchev–Trinajstić information content (AvgIpc) is 2.99. The molecule has 7 nitrogen and oxygen atoms in total. The number of rotatable bonds is 4. The number of carbonyl (C=O) groups excluding carboxylic acids is 1. The van der Waals surface area contributed by atoms with Crippen LogP contribution in [0.5, 0.6) is 0 Å². The minimum absolute atomic E-state index is 0.0960. The predicted octanol–water partition coefficient (Wildman–Crippen LogP) is 3.38. The van der Waals surface area contributed by atoms with Crippen molar-refractivity contribution in [2.45, 2.75) is 39.2 Å². The van der Waals surface area contributed by atoms with E-state index in [4.69, 9.17) is 4.98 Å². The van der Waals surface area contributed by atoms with Crippen molar-refractivity contribution in [2.24, 2.45) is 0 Å². The molecule has 5 rings (SSSR count). The number of amides is 1. The van der Waals surface area contributed by atoms with Gasteiger partial charge in [-0.1, -0.05) is 12.8 Å². The quantitative estimate of drug-likeness (QED) is 0.633. The highest BCUT2D eigenvalue weighted by Crippen LogP contribution is 2.22. The number of fused-ring (bicyclic) bond motifs is 1. The van der Waals surface area contributed by atoms with Crippen molar-refractivity contribution in [2.75, 3.05) is 44.2 Å². The zero-order valence-corrected chi connectivity index (χ0v) is 18.9. The van der Waals surface area contributed by atoms with Crippen molar-refractivity contribution in [3.05, 3.63) is 59.8 Å². The van der Waals surface area contributed by atoms with Gasteiger partial charge in [-0.25, -0.2) is 4.98 Å². The second kappa shape index (κ2) is 9.28. The lowest BCUT2D eigenvalue weighted by atomic mass is 10.2. The molecule has 0 aromatic carbocycles. The predicted molar refractivity (Wildman–Crippen MR) is 126 cm³/mol. The number of hydrogen-bond donors (Lipinski definition) is 0. The van der Waals surface area contributed by atoms with Gasteiger partial charge in [0.15, 0.2) is 5.69 Å². The van der Waals surface area contributed by atoms with Crippen molar-refractivity contribution < 1.29 is 4.79 Å². The minimum Gasteiger partial charge on any atom is -0.369 e. The second-order valence-corrected chi connectivity index (χ2v) is 9.01. The summed E-state index contributed by atoms with van der Waals surface area (Å²) < 4.78 is 2.12. The van der Waals surface area contributed by atoms with Gasteiger partial charge in [-0.05, 0) is 49.6 Å². The summed E-state index contributed by atoms with van der Waals surface area (Å²) in [7, 11) is 0. The summed E-state index contributed by atoms with van der Waals surface area (Å²) in [6, 6.07) is 8.31. The molecule has 0 unspecified atom stereocenters. The Bertz CT molecular complexity index is 1060. The Kier molecular flexibility index (Phi) is 6.08. The van der Waals surface area contributed by atoms with Crippen LogP contribution < -0.4 is 4.90 Å². The Morgan fingerprint density at radius 2 is 1.66 bits per heavy atom. The summed E-state index contributed by atoms with van der Waals surface area (Å²) in [6.45, 7) is 8.35. The number of hydrogen-bond acceptors (Lipinski definition) is 5. The van der Waals surface area contributed by atoms with Crippen LogP contribution in [0.4, 0.5) is 5.69 Å². The van der Waals surface area contributed by atoms with Crippen LogP contribution in [0.25, 0.3) is 5.65 Å². The highest BCUT2D eigenvalue weighted by molar-refractivity contribution is 5.94. The van der Waals surface area contributed by atoms with Gasteiger partial charge in [0.2, 0.25) is 0 Å². The third-order valence-electron chi connectivity index (χ3n) is 6.75. The van der Waals surface area contributed by atoms with E-state index >= 15 is 0 Å². The molecule has 0 spiro atoms. The van der Waals surface area contributed by atoms with Gasteiger partial charge >= 0.3 is 0 Å². The van der Waals surface area contributed by atoms with Gasteiger partial charge in [-0.15, -0.1) is 0 Å². The number of piperazine rings is 1. The smallest absolute Gasteiger partial charge is 0.274 e. The summed E-state index contributed by atoms with van der Waals surface area (Å²) in [6.07, 6.45) is 10.4. The van der Waals surface area contributed by atoms with Crippen LogP contribution in [-0.4, -0.2) is 69.3 Å². The molecule has 3 aromatic heterocycles. The molecule has 0 atom stereocenters. The molecule has 2 saturated heterocycles. The summed E-state index contributed by atoms with van der Waals surface area (Å²) in [5.74, 6) is 0.0960. The zero-order chi connectivity index (χ0) is 21.9. The zero-order valence-electron chi connectivity index (χ0n) is 18.9. The lowest BCUT2D eigenvalue weighted by molar-refractivity contribution is 0.0753. The molecule has 0 N–H and O–H groups in total. The van der Waals surface area contributed by atoms with Gasteiger partial charge in [-0.3, -0.25) is 14.7 Å². The first kappa shape index (κ1) is 20.9. The molecule has 3 aromatic rings. The number of anilines is 1. The molecular weight excluding hydrogens is 400 g/mol. The fourth-order valence-electron chi connectivity index (χ4n) is 4.87. The molecule has 5 heterocycles. The third-order valence-corrected chi connectivity index (χ3v) is 6.75. The minimum atomic E-state index is 0.0960. The molecule has 1 amide bonds. The summed E-state index contributed by atoms with van der Waals surface area (Å²) in [5, 5.41) is 0. The van der Waals surface area contributed by atoms with E-state index in [0.29, 0.717) is 5.69 Å². The van der Waals surface area contributed by atoms with Crippen molar-refractivity contribution in [3.8, 4) is 0 Å². The standard InChI is InChI=1S/C25H32N6O/c1-20-8-13-31-22(19-28-14-16-29(17-15-28)21-6-9-26-10-7-21)24(27-23(31)18-20)25(32)30-11-4-2-3-5-12-30/h6-10,13,18H,2-5,11-12,14-17,19H2,1H3. The lowest BCUT2D eigenvalue weighted by Gasteiger charge is -2.36. The highest BCUT2D eigenvalue weighted by atomic mass is 16.2. The lowest BCUT2D eigenvalue weighted by Crippen LogP contribution is -2.46. The third kappa shape index (κ3) is 4.35. The normalized spacial score (nSPS) is 18.2. The Balaban J connectivity index is 1.38. The molecule has 0 bridgehead atoms. The summed E-state index contributed by atoms with van der Waals surface area (Å²) >= 11 is 0. The van der Waals surface area contributed by atoms with Gasteiger partial charge in [0.1, 0.15) is 5.65 Å². The fraction of sp³-hybridized carbons (Fsp3) is 0.480. The molecule has 2 aliphatic rings. The first-order valence-corrected chi connectivity index (χ1v) is 11.8. The topological polar surface area (TPSA) is 57.0 Å². The SMILES string of the molecule is Cc1ccn2c(CN3CCN(c4ccncc4)CC3)c(C(=O)N3CCCCCC3)nc2c1. The number of carbonyl (C=O) groups is 1. The van der Waals surface area contributed by atoms with E-state index < -0.39 is 0 Å². The number of pyridine rings is 2. The Morgan fingerprint density at radius 1 is 0.938 bits per heavy atom. The van der Waals surface area contributed by atoms with E-state index in [0.717, 1.165) is 75.6 Å². The number of likely N-dealkylation sites (tertiary alicyclic amines) is 1. The first-order chi connectivity index (χ1) is 15.7. The largest absolute Gasteiger partial charge is 0.369 e. The average molecular weight is 433 g/mol. The highest BCUT2D eigenvalue weighted by Gasteiger charge is 2.27. The van der Waals surface area contributed by atoms with Crippen LogP contribution >= 0.6 is 0 Å². The molecule has 0 saturated carbocycles. The Morgan fingerprint density at radius 3 is 2.38 bits per heavy atom. The van der Waals surface area contributed by atoms with Gasteiger partial charge in [0, 0.05) is 70.1 Å². The van der Waals surface area contributed by atoms with Gasteiger partial charge < -0.3 is 14.2 Å². The molecular formula is C25H32N6O. The van der Waals surface area contributed by atoms with E-state index in [2.05, 4.69) is 56.6 Å². The first-order valence-electron chi connectivity index (χ1n) is 11.8. The van der Waals surface area contributed by atoms with Gasteiger partial charge in [-0.2, -0.15) is 0 Å². The number of imidazole rings is 1. The second-order valence-electron chi connectivity index (χ2n) is 9.01. The fourth-order valence-corrected chi connectivity index (χ4v) is 4.87. The van der Waals surface area contributed by atoms with E-state index in [1.54, 1.807) is 0 Å².